The second kappa shape index (κ2) is 6.78. The first-order chi connectivity index (χ1) is 11.2. The number of hydrogen-bond donors (Lipinski definition) is 2. The average Bonchev–Trinajstić information content (AvgIpc) is 2.48. The monoisotopic (exact) mass is 331 g/mol. The Kier molecular flexibility index (Phi) is 5.14. The molecule has 1 aromatic rings. The largest absolute Gasteiger partial charge is 0.390 e. The molecule has 0 bridgehead atoms. The molecule has 2 N–H and O–H groups in total. The van der Waals surface area contributed by atoms with Gasteiger partial charge in [0, 0.05) is 24.7 Å². The summed E-state index contributed by atoms with van der Waals surface area (Å²) in [5, 5.41) is 19.6. The maximum Gasteiger partial charge on any atom is 0.266 e. The fraction of sp³-hybridized carbons (Fsp3) is 0.611. The maximum absolute atomic E-state index is 12.9. The molecule has 1 aliphatic heterocycles. The summed E-state index contributed by atoms with van der Waals surface area (Å²) in [7, 11) is 0. The number of likely N-dealkylation sites (tertiary alicyclic amines) is 1. The van der Waals surface area contributed by atoms with Crippen LogP contribution in [-0.4, -0.2) is 39.6 Å². The van der Waals surface area contributed by atoms with Gasteiger partial charge in [0.15, 0.2) is 0 Å². The molecule has 1 fully saturated rings. The van der Waals surface area contributed by atoms with Crippen molar-refractivity contribution < 1.29 is 9.90 Å². The lowest BCUT2D eigenvalue weighted by molar-refractivity contribution is -0.0577. The Morgan fingerprint density at radius 2 is 2.25 bits per heavy atom. The predicted molar refractivity (Wildman–Crippen MR) is 90.6 cm³/mol. The number of aliphatic hydroxyl groups is 1. The van der Waals surface area contributed by atoms with E-state index < -0.39 is 11.2 Å². The Hall–Kier alpha value is -2.13. The zero-order valence-electron chi connectivity index (χ0n) is 14.7. The van der Waals surface area contributed by atoms with E-state index in [9.17, 15) is 14.7 Å². The van der Waals surface area contributed by atoms with Crippen LogP contribution in [0.25, 0.3) is 0 Å². The predicted octanol–water partition coefficient (Wildman–Crippen LogP) is 1.81. The molecule has 6 heteroatoms. The summed E-state index contributed by atoms with van der Waals surface area (Å²) < 4.78 is 0. The van der Waals surface area contributed by atoms with Crippen molar-refractivity contribution in [3.05, 3.63) is 33.2 Å². The van der Waals surface area contributed by atoms with Gasteiger partial charge in [0.05, 0.1) is 11.2 Å². The summed E-state index contributed by atoms with van der Waals surface area (Å²) in [6, 6.07) is 3.18. The number of nitriles is 1. The van der Waals surface area contributed by atoms with Crippen LogP contribution in [0.2, 0.25) is 0 Å². The van der Waals surface area contributed by atoms with Crippen LogP contribution in [0.3, 0.4) is 0 Å². The molecule has 0 aromatic carbocycles. The maximum atomic E-state index is 12.9. The molecule has 6 nitrogen and oxygen atoms in total. The number of aryl methyl sites for hydroxylation is 1. The molecule has 1 aliphatic rings. The fourth-order valence-corrected chi connectivity index (χ4v) is 3.30. The molecular formula is C18H25N3O3. The van der Waals surface area contributed by atoms with Crippen molar-refractivity contribution in [2.75, 3.05) is 13.1 Å². The van der Waals surface area contributed by atoms with Crippen LogP contribution >= 0.6 is 0 Å². The quantitative estimate of drug-likeness (QED) is 0.882. The lowest BCUT2D eigenvalue weighted by Gasteiger charge is -2.43. The number of amides is 1. The number of carbonyl (C=O) groups excluding carboxylic acids is 1. The number of nitrogens with zero attached hydrogens (tertiary/aromatic N) is 2. The average molecular weight is 331 g/mol. The van der Waals surface area contributed by atoms with Gasteiger partial charge in [0.25, 0.3) is 11.5 Å². The summed E-state index contributed by atoms with van der Waals surface area (Å²) in [6.07, 6.45) is 1.36. The molecule has 1 aromatic heterocycles. The van der Waals surface area contributed by atoms with Gasteiger partial charge in [0.2, 0.25) is 0 Å². The molecule has 0 aliphatic carbocycles. The summed E-state index contributed by atoms with van der Waals surface area (Å²) in [5.41, 5.74) is -0.519. The van der Waals surface area contributed by atoms with Crippen LogP contribution in [0.15, 0.2) is 10.9 Å². The summed E-state index contributed by atoms with van der Waals surface area (Å²) in [5.74, 6) is 0.231. The number of carbonyl (C=O) groups is 1. The van der Waals surface area contributed by atoms with Crippen molar-refractivity contribution in [2.24, 2.45) is 11.8 Å². The van der Waals surface area contributed by atoms with Crippen molar-refractivity contribution >= 4 is 5.91 Å². The third-order valence-electron chi connectivity index (χ3n) is 4.84. The summed E-state index contributed by atoms with van der Waals surface area (Å²) in [6.45, 7) is 8.62. The van der Waals surface area contributed by atoms with Crippen molar-refractivity contribution in [3.63, 3.8) is 0 Å². The highest BCUT2D eigenvalue weighted by Crippen LogP contribution is 2.33. The summed E-state index contributed by atoms with van der Waals surface area (Å²) >= 11 is 0. The van der Waals surface area contributed by atoms with Gasteiger partial charge in [0.1, 0.15) is 11.6 Å². The number of pyridine rings is 1. The molecular weight excluding hydrogens is 306 g/mol. The van der Waals surface area contributed by atoms with E-state index in [-0.39, 0.29) is 17.4 Å². The zero-order valence-corrected chi connectivity index (χ0v) is 14.7. The minimum absolute atomic E-state index is 0.00806. The third-order valence-corrected chi connectivity index (χ3v) is 4.84. The Morgan fingerprint density at radius 1 is 1.58 bits per heavy atom. The van der Waals surface area contributed by atoms with Gasteiger partial charge in [-0.25, -0.2) is 0 Å². The van der Waals surface area contributed by atoms with Gasteiger partial charge in [-0.3, -0.25) is 9.59 Å². The molecule has 24 heavy (non-hydrogen) atoms. The molecule has 2 heterocycles. The van der Waals surface area contributed by atoms with E-state index in [0.717, 1.165) is 6.42 Å². The Morgan fingerprint density at radius 3 is 2.83 bits per heavy atom. The number of piperidine rings is 1. The first kappa shape index (κ1) is 18.2. The lowest BCUT2D eigenvalue weighted by atomic mass is 9.78. The van der Waals surface area contributed by atoms with E-state index in [4.69, 9.17) is 5.26 Å². The third kappa shape index (κ3) is 3.68. The van der Waals surface area contributed by atoms with E-state index in [1.165, 1.54) is 6.07 Å². The van der Waals surface area contributed by atoms with Gasteiger partial charge in [-0.1, -0.05) is 13.8 Å². The van der Waals surface area contributed by atoms with E-state index in [2.05, 4.69) is 18.8 Å². The van der Waals surface area contributed by atoms with E-state index >= 15 is 0 Å². The number of rotatable bonds is 3. The summed E-state index contributed by atoms with van der Waals surface area (Å²) in [4.78, 5) is 28.8. The van der Waals surface area contributed by atoms with Crippen LogP contribution < -0.4 is 5.56 Å². The smallest absolute Gasteiger partial charge is 0.266 e. The molecule has 0 radical (unpaired) electrons. The SMILES string of the molecule is Cc1[nH]c(=O)c(C#N)cc1C(=O)N1CC[C@@](C)(O)[C@@H](CC(C)C)C1. The molecule has 1 saturated heterocycles. The number of hydrogen-bond acceptors (Lipinski definition) is 4. The molecule has 0 spiro atoms. The minimum atomic E-state index is -0.779. The Balaban J connectivity index is 2.28. The second-order valence-corrected chi connectivity index (χ2v) is 7.35. The van der Waals surface area contributed by atoms with E-state index in [1.54, 1.807) is 11.8 Å². The number of H-pyrrole nitrogens is 1. The van der Waals surface area contributed by atoms with Gasteiger partial charge in [-0.05, 0) is 38.7 Å². The van der Waals surface area contributed by atoms with Crippen LogP contribution in [0.4, 0.5) is 0 Å². The highest BCUT2D eigenvalue weighted by molar-refractivity contribution is 5.95. The van der Waals surface area contributed by atoms with E-state index in [1.807, 2.05) is 13.0 Å². The lowest BCUT2D eigenvalue weighted by Crippen LogP contribution is -2.52. The number of aromatic nitrogens is 1. The van der Waals surface area contributed by atoms with Crippen molar-refractivity contribution in [2.45, 2.75) is 46.1 Å². The molecule has 0 unspecified atom stereocenters. The first-order valence-corrected chi connectivity index (χ1v) is 8.31. The number of nitrogens with one attached hydrogen (secondary N) is 1. The molecule has 130 valence electrons. The Bertz CT molecular complexity index is 728. The van der Waals surface area contributed by atoms with Crippen LogP contribution in [0.1, 0.15) is 55.2 Å². The van der Waals surface area contributed by atoms with Gasteiger partial charge in [-0.15, -0.1) is 0 Å². The molecule has 2 rings (SSSR count). The zero-order chi connectivity index (χ0) is 18.1. The highest BCUT2D eigenvalue weighted by atomic mass is 16.3. The van der Waals surface area contributed by atoms with Crippen molar-refractivity contribution in [3.8, 4) is 6.07 Å². The van der Waals surface area contributed by atoms with Crippen LogP contribution in [0.5, 0.6) is 0 Å². The standard InChI is InChI=1S/C18H25N3O3/c1-11(2)7-14-10-21(6-5-18(14,4)24)17(23)15-8-13(9-19)16(22)20-12(15)3/h8,11,14,24H,5-7,10H2,1-4H3,(H,20,22)/t14-,18+/m0/s1. The van der Waals surface area contributed by atoms with Crippen molar-refractivity contribution in [1.82, 2.24) is 9.88 Å². The molecule has 2 atom stereocenters. The van der Waals surface area contributed by atoms with Gasteiger partial charge in [-0.2, -0.15) is 5.26 Å². The highest BCUT2D eigenvalue weighted by Gasteiger charge is 2.39. The van der Waals surface area contributed by atoms with E-state index in [0.29, 0.717) is 36.7 Å². The fourth-order valence-electron chi connectivity index (χ4n) is 3.30. The van der Waals surface area contributed by atoms with Gasteiger partial charge < -0.3 is 15.0 Å². The van der Waals surface area contributed by atoms with Crippen molar-refractivity contribution in [1.29, 1.82) is 5.26 Å². The van der Waals surface area contributed by atoms with Gasteiger partial charge >= 0.3 is 0 Å². The van der Waals surface area contributed by atoms with Crippen LogP contribution in [0, 0.1) is 30.1 Å². The molecule has 0 saturated carbocycles. The minimum Gasteiger partial charge on any atom is -0.390 e. The first-order valence-electron chi connectivity index (χ1n) is 8.31. The Labute approximate surface area is 142 Å². The normalized spacial score (nSPS) is 24.0. The molecule has 1 amide bonds. The van der Waals surface area contributed by atoms with Crippen LogP contribution in [-0.2, 0) is 0 Å². The number of aromatic amines is 1. The topological polar surface area (TPSA) is 97.2 Å². The second-order valence-electron chi connectivity index (χ2n) is 7.35.